The molecule has 0 aromatic rings. The Morgan fingerprint density at radius 1 is 1.25 bits per heavy atom. The molecule has 0 saturated heterocycles. The van der Waals surface area contributed by atoms with Crippen LogP contribution in [0.5, 0.6) is 0 Å². The molecular formula is C26H35F3O3. The molecule has 2 saturated carbocycles. The Kier molecular flexibility index (Phi) is 7.28. The molecule has 2 fully saturated rings. The molecule has 0 radical (unpaired) electrons. The Balaban J connectivity index is 1.68. The first-order valence-corrected chi connectivity index (χ1v) is 11.5. The lowest BCUT2D eigenvalue weighted by Gasteiger charge is -2.41. The number of alkyl halides is 3. The molecule has 32 heavy (non-hydrogen) atoms. The summed E-state index contributed by atoms with van der Waals surface area (Å²) >= 11 is 0. The van der Waals surface area contributed by atoms with E-state index in [4.69, 9.17) is 0 Å². The van der Waals surface area contributed by atoms with E-state index in [1.54, 1.807) is 0 Å². The Labute approximate surface area is 188 Å². The molecule has 0 aromatic carbocycles. The summed E-state index contributed by atoms with van der Waals surface area (Å²) in [6, 6.07) is 0. The summed E-state index contributed by atoms with van der Waals surface area (Å²) in [7, 11) is 0. The molecule has 0 aromatic heterocycles. The Bertz CT molecular complexity index is 847. The van der Waals surface area contributed by atoms with Gasteiger partial charge in [-0.25, -0.2) is 0 Å². The standard InChI is InChI=1S/C26H35F3O3/c1-17-19(15-21(30)16-23(17)31)10-9-18-7-6-13-24(2)20(11-12-22(18)24)8-4-5-14-25(3,32)26(27,28)29/h5,9-11,14,21-23,30-32H,1,4,6-8,12-13,15-16H2,2-3H3/b14-5+,18-9+,19-10-/t21?,22?,23-,24+,25+/m0/s1. The van der Waals surface area contributed by atoms with E-state index >= 15 is 0 Å². The minimum Gasteiger partial charge on any atom is -0.393 e. The minimum atomic E-state index is -4.68. The fourth-order valence-corrected chi connectivity index (χ4v) is 5.40. The molecule has 3 aliphatic rings. The van der Waals surface area contributed by atoms with Gasteiger partial charge in [-0.15, -0.1) is 0 Å². The van der Waals surface area contributed by atoms with E-state index in [0.717, 1.165) is 44.3 Å². The number of rotatable bonds is 5. The molecule has 0 spiro atoms. The first kappa shape index (κ1) is 25.0. The Hall–Kier alpha value is -1.63. The number of fused-ring (bicyclic) bond motifs is 1. The number of aliphatic hydroxyl groups excluding tert-OH is 2. The zero-order valence-corrected chi connectivity index (χ0v) is 19.0. The van der Waals surface area contributed by atoms with Gasteiger partial charge in [0.05, 0.1) is 12.2 Å². The van der Waals surface area contributed by atoms with Gasteiger partial charge in [0.25, 0.3) is 0 Å². The molecule has 2 unspecified atom stereocenters. The highest BCUT2D eigenvalue weighted by Crippen LogP contribution is 2.55. The molecule has 0 bridgehead atoms. The molecule has 0 aliphatic heterocycles. The number of hydrogen-bond acceptors (Lipinski definition) is 3. The maximum absolute atomic E-state index is 12.8. The maximum atomic E-state index is 12.8. The molecule has 5 atom stereocenters. The number of hydrogen-bond donors (Lipinski definition) is 3. The smallest absolute Gasteiger partial charge is 0.393 e. The van der Waals surface area contributed by atoms with Gasteiger partial charge in [-0.2, -0.15) is 13.2 Å². The summed E-state index contributed by atoms with van der Waals surface area (Å²) in [5.74, 6) is 0.358. The predicted molar refractivity (Wildman–Crippen MR) is 120 cm³/mol. The molecule has 0 heterocycles. The van der Waals surface area contributed by atoms with Gasteiger partial charge in [-0.1, -0.05) is 49.0 Å². The van der Waals surface area contributed by atoms with Crippen LogP contribution < -0.4 is 0 Å². The fourth-order valence-electron chi connectivity index (χ4n) is 5.40. The topological polar surface area (TPSA) is 60.7 Å². The average Bonchev–Trinajstić information content (AvgIpc) is 3.02. The van der Waals surface area contributed by atoms with E-state index in [1.165, 1.54) is 17.2 Å². The second-order valence-corrected chi connectivity index (χ2v) is 9.94. The normalized spacial score (nSPS) is 35.9. The zero-order chi connectivity index (χ0) is 23.7. The van der Waals surface area contributed by atoms with Crippen molar-refractivity contribution in [1.82, 2.24) is 0 Å². The van der Waals surface area contributed by atoms with Crippen LogP contribution in [0, 0.1) is 11.3 Å². The van der Waals surface area contributed by atoms with E-state index in [2.05, 4.69) is 25.7 Å². The highest BCUT2D eigenvalue weighted by molar-refractivity contribution is 5.40. The highest BCUT2D eigenvalue weighted by atomic mass is 19.4. The molecule has 0 amide bonds. The lowest BCUT2D eigenvalue weighted by molar-refractivity contribution is -0.232. The maximum Gasteiger partial charge on any atom is 0.420 e. The first-order chi connectivity index (χ1) is 14.8. The molecular weight excluding hydrogens is 417 g/mol. The molecule has 6 heteroatoms. The average molecular weight is 453 g/mol. The second-order valence-electron chi connectivity index (χ2n) is 9.94. The van der Waals surface area contributed by atoms with Crippen LogP contribution in [0.1, 0.15) is 65.2 Å². The summed E-state index contributed by atoms with van der Waals surface area (Å²) in [4.78, 5) is 0. The van der Waals surface area contributed by atoms with Crippen molar-refractivity contribution >= 4 is 0 Å². The molecule has 3 aliphatic carbocycles. The monoisotopic (exact) mass is 452 g/mol. The summed E-state index contributed by atoms with van der Waals surface area (Å²) < 4.78 is 38.4. The SMILES string of the molecule is C=C1/C(=C\C=C2/CCC[C@]3(C)C(CC/C=C/[C@@](C)(O)C(F)(F)F)=CCC23)CC(O)C[C@@H]1O. The van der Waals surface area contributed by atoms with Gasteiger partial charge >= 0.3 is 6.18 Å². The zero-order valence-electron chi connectivity index (χ0n) is 19.0. The number of aliphatic hydroxyl groups is 3. The van der Waals surface area contributed by atoms with E-state index in [1.807, 2.05) is 6.08 Å². The molecule has 3 N–H and O–H groups in total. The highest BCUT2D eigenvalue weighted by Gasteiger charge is 2.48. The number of halogens is 3. The molecule has 178 valence electrons. The van der Waals surface area contributed by atoms with Gasteiger partial charge in [0, 0.05) is 6.42 Å². The van der Waals surface area contributed by atoms with Crippen LogP contribution in [0.2, 0.25) is 0 Å². The van der Waals surface area contributed by atoms with Crippen molar-refractivity contribution in [3.05, 3.63) is 59.3 Å². The van der Waals surface area contributed by atoms with Crippen LogP contribution in [0.15, 0.2) is 59.3 Å². The van der Waals surface area contributed by atoms with Crippen LogP contribution in [0.3, 0.4) is 0 Å². The Morgan fingerprint density at radius 2 is 1.97 bits per heavy atom. The van der Waals surface area contributed by atoms with Crippen LogP contribution in [-0.4, -0.2) is 39.3 Å². The minimum absolute atomic E-state index is 0.00836. The number of allylic oxidation sites excluding steroid dienone is 6. The van der Waals surface area contributed by atoms with E-state index < -0.39 is 24.0 Å². The second kappa shape index (κ2) is 9.32. The van der Waals surface area contributed by atoms with Crippen molar-refractivity contribution in [3.63, 3.8) is 0 Å². The van der Waals surface area contributed by atoms with Crippen LogP contribution in [0.25, 0.3) is 0 Å². The quantitative estimate of drug-likeness (QED) is 0.469. The van der Waals surface area contributed by atoms with Crippen molar-refractivity contribution in [2.75, 3.05) is 0 Å². The van der Waals surface area contributed by atoms with Crippen molar-refractivity contribution in [1.29, 1.82) is 0 Å². The van der Waals surface area contributed by atoms with Crippen molar-refractivity contribution in [2.24, 2.45) is 11.3 Å². The molecule has 3 rings (SSSR count). The predicted octanol–water partition coefficient (Wildman–Crippen LogP) is 5.70. The largest absolute Gasteiger partial charge is 0.420 e. The third-order valence-electron chi connectivity index (χ3n) is 7.57. The third-order valence-corrected chi connectivity index (χ3v) is 7.57. The van der Waals surface area contributed by atoms with Crippen molar-refractivity contribution < 1.29 is 28.5 Å². The Morgan fingerprint density at radius 3 is 2.66 bits per heavy atom. The van der Waals surface area contributed by atoms with Crippen LogP contribution in [0.4, 0.5) is 13.2 Å². The van der Waals surface area contributed by atoms with Gasteiger partial charge in [-0.05, 0) is 80.4 Å². The van der Waals surface area contributed by atoms with Gasteiger partial charge in [-0.3, -0.25) is 0 Å². The van der Waals surface area contributed by atoms with E-state index in [-0.39, 0.29) is 5.41 Å². The van der Waals surface area contributed by atoms with E-state index in [9.17, 15) is 28.5 Å². The van der Waals surface area contributed by atoms with Crippen LogP contribution in [-0.2, 0) is 0 Å². The summed E-state index contributed by atoms with van der Waals surface area (Å²) in [5.41, 5.74) is 1.38. The van der Waals surface area contributed by atoms with Crippen molar-refractivity contribution in [3.8, 4) is 0 Å². The van der Waals surface area contributed by atoms with Gasteiger partial charge in [0.2, 0.25) is 0 Å². The lowest BCUT2D eigenvalue weighted by atomic mass is 9.63. The summed E-state index contributed by atoms with van der Waals surface area (Å²) in [5, 5.41) is 29.6. The summed E-state index contributed by atoms with van der Waals surface area (Å²) in [6.45, 7) is 6.99. The van der Waals surface area contributed by atoms with Gasteiger partial charge in [0.15, 0.2) is 5.60 Å². The van der Waals surface area contributed by atoms with Crippen LogP contribution >= 0.6 is 0 Å². The summed E-state index contributed by atoms with van der Waals surface area (Å²) in [6.07, 6.45) is 8.67. The lowest BCUT2D eigenvalue weighted by Crippen LogP contribution is -2.39. The fraction of sp³-hybridized carbons (Fsp3) is 0.615. The van der Waals surface area contributed by atoms with Gasteiger partial charge < -0.3 is 15.3 Å². The first-order valence-electron chi connectivity index (χ1n) is 11.5. The van der Waals surface area contributed by atoms with Gasteiger partial charge in [0.1, 0.15) is 0 Å². The molecule has 3 nitrogen and oxygen atoms in total. The van der Waals surface area contributed by atoms with Crippen molar-refractivity contribution in [2.45, 2.75) is 89.2 Å². The third kappa shape index (κ3) is 5.13. The van der Waals surface area contributed by atoms with E-state index in [0.29, 0.717) is 37.2 Å².